The summed E-state index contributed by atoms with van der Waals surface area (Å²) >= 11 is 0. The Balaban J connectivity index is 2.07. The molecule has 2 aromatic carbocycles. The molecule has 7 nitrogen and oxygen atoms in total. The zero-order valence-electron chi connectivity index (χ0n) is 15.6. The van der Waals surface area contributed by atoms with Gasteiger partial charge in [-0.05, 0) is 44.2 Å². The average molecular weight is 392 g/mol. The quantitative estimate of drug-likeness (QED) is 0.638. The highest BCUT2D eigenvalue weighted by atomic mass is 32.2. The normalized spacial score (nSPS) is 11.3. The smallest absolute Gasteiger partial charge is 0.255 e. The van der Waals surface area contributed by atoms with Crippen molar-refractivity contribution in [2.45, 2.75) is 24.8 Å². The molecule has 0 saturated carbocycles. The zero-order valence-corrected chi connectivity index (χ0v) is 16.4. The number of ether oxygens (including phenoxy) is 2. The summed E-state index contributed by atoms with van der Waals surface area (Å²) in [7, 11) is -2.36. The van der Waals surface area contributed by atoms with Crippen molar-refractivity contribution in [1.82, 2.24) is 10.0 Å². The van der Waals surface area contributed by atoms with E-state index < -0.39 is 15.9 Å². The highest BCUT2D eigenvalue weighted by molar-refractivity contribution is 7.89. The van der Waals surface area contributed by atoms with Gasteiger partial charge in [-0.2, -0.15) is 0 Å². The highest BCUT2D eigenvalue weighted by Gasteiger charge is 2.20. The Hall–Kier alpha value is -2.58. The number of benzene rings is 2. The van der Waals surface area contributed by atoms with Crippen LogP contribution in [0.25, 0.3) is 0 Å². The van der Waals surface area contributed by atoms with E-state index in [-0.39, 0.29) is 29.7 Å². The lowest BCUT2D eigenvalue weighted by Crippen LogP contribution is -2.31. The lowest BCUT2D eigenvalue weighted by atomic mass is 10.2. The van der Waals surface area contributed by atoms with Crippen molar-refractivity contribution in [3.8, 4) is 11.5 Å². The molecule has 0 aromatic heterocycles. The summed E-state index contributed by atoms with van der Waals surface area (Å²) in [5.41, 5.74) is 0.162. The van der Waals surface area contributed by atoms with Gasteiger partial charge in [-0.15, -0.1) is 0 Å². The van der Waals surface area contributed by atoms with Gasteiger partial charge in [0.2, 0.25) is 10.0 Å². The highest BCUT2D eigenvalue weighted by Crippen LogP contribution is 2.22. The molecule has 27 heavy (non-hydrogen) atoms. The molecule has 0 aliphatic heterocycles. The Morgan fingerprint density at radius 1 is 1.11 bits per heavy atom. The maximum atomic E-state index is 12.5. The van der Waals surface area contributed by atoms with E-state index >= 15 is 0 Å². The molecule has 0 aliphatic rings. The molecule has 0 fully saturated rings. The summed E-state index contributed by atoms with van der Waals surface area (Å²) < 4.78 is 38.1. The van der Waals surface area contributed by atoms with Gasteiger partial charge in [0.05, 0.1) is 17.6 Å². The second kappa shape index (κ2) is 9.38. The van der Waals surface area contributed by atoms with Crippen LogP contribution in [-0.4, -0.2) is 40.6 Å². The van der Waals surface area contributed by atoms with E-state index in [2.05, 4.69) is 10.0 Å². The zero-order chi connectivity index (χ0) is 19.9. The molecule has 2 aromatic rings. The van der Waals surface area contributed by atoms with Gasteiger partial charge in [0, 0.05) is 12.6 Å². The molecular formula is C19H24N2O5S. The minimum absolute atomic E-state index is 0.0167. The van der Waals surface area contributed by atoms with Crippen LogP contribution in [0.1, 0.15) is 24.2 Å². The summed E-state index contributed by atoms with van der Waals surface area (Å²) in [4.78, 5) is 12.3. The van der Waals surface area contributed by atoms with Crippen molar-refractivity contribution in [3.05, 3.63) is 54.1 Å². The number of carbonyl (C=O) groups excluding carboxylic acids is 1. The fourth-order valence-corrected chi connectivity index (χ4v) is 3.36. The number of carbonyl (C=O) groups is 1. The van der Waals surface area contributed by atoms with Gasteiger partial charge in [0.1, 0.15) is 18.1 Å². The van der Waals surface area contributed by atoms with Gasteiger partial charge >= 0.3 is 0 Å². The summed E-state index contributed by atoms with van der Waals surface area (Å²) in [6.45, 7) is 3.91. The van der Waals surface area contributed by atoms with Crippen LogP contribution in [0.15, 0.2) is 53.4 Å². The van der Waals surface area contributed by atoms with E-state index in [9.17, 15) is 13.2 Å². The molecule has 0 unspecified atom stereocenters. The maximum Gasteiger partial charge on any atom is 0.255 e. The topological polar surface area (TPSA) is 93.7 Å². The van der Waals surface area contributed by atoms with Crippen LogP contribution in [0.4, 0.5) is 0 Å². The molecule has 0 saturated heterocycles. The first-order chi connectivity index (χ1) is 12.8. The molecule has 146 valence electrons. The van der Waals surface area contributed by atoms with Crippen LogP contribution in [0, 0.1) is 0 Å². The van der Waals surface area contributed by atoms with E-state index in [0.29, 0.717) is 11.5 Å². The van der Waals surface area contributed by atoms with Crippen LogP contribution in [0.5, 0.6) is 11.5 Å². The third-order valence-electron chi connectivity index (χ3n) is 3.55. The second-order valence-corrected chi connectivity index (χ2v) is 7.82. The molecule has 0 atom stereocenters. The summed E-state index contributed by atoms with van der Waals surface area (Å²) in [5.74, 6) is 0.569. The molecule has 2 N–H and O–H groups in total. The van der Waals surface area contributed by atoms with Gasteiger partial charge in [-0.1, -0.05) is 18.2 Å². The van der Waals surface area contributed by atoms with Gasteiger partial charge < -0.3 is 14.8 Å². The van der Waals surface area contributed by atoms with Crippen molar-refractivity contribution in [2.75, 3.05) is 20.3 Å². The molecule has 2 rings (SSSR count). The van der Waals surface area contributed by atoms with Crippen molar-refractivity contribution in [1.29, 1.82) is 0 Å². The van der Waals surface area contributed by atoms with E-state index in [0.717, 1.165) is 0 Å². The van der Waals surface area contributed by atoms with Crippen molar-refractivity contribution in [3.63, 3.8) is 0 Å². The maximum absolute atomic E-state index is 12.5. The standard InChI is InChI=1S/C19H24N2O5S/c1-14(2)21-19(22)17-13-16(9-10-18(17)25-3)27(23,24)20-11-12-26-15-7-5-4-6-8-15/h4-10,13-14,20H,11-12H2,1-3H3,(H,21,22). The number of hydrogen-bond donors (Lipinski definition) is 2. The largest absolute Gasteiger partial charge is 0.496 e. The van der Waals surface area contributed by atoms with Gasteiger partial charge in [-0.3, -0.25) is 4.79 Å². The first kappa shape index (κ1) is 20.7. The lowest BCUT2D eigenvalue weighted by molar-refractivity contribution is 0.0940. The predicted molar refractivity (Wildman–Crippen MR) is 103 cm³/mol. The monoisotopic (exact) mass is 392 g/mol. The van der Waals surface area contributed by atoms with E-state index in [4.69, 9.17) is 9.47 Å². The molecule has 0 radical (unpaired) electrons. The van der Waals surface area contributed by atoms with Crippen LogP contribution in [0.2, 0.25) is 0 Å². The average Bonchev–Trinajstić information content (AvgIpc) is 2.65. The SMILES string of the molecule is COc1ccc(S(=O)(=O)NCCOc2ccccc2)cc1C(=O)NC(C)C. The first-order valence-corrected chi connectivity index (χ1v) is 9.98. The Morgan fingerprint density at radius 2 is 1.81 bits per heavy atom. The van der Waals surface area contributed by atoms with Crippen molar-refractivity contribution in [2.24, 2.45) is 0 Å². The molecule has 0 bridgehead atoms. The first-order valence-electron chi connectivity index (χ1n) is 8.50. The number of hydrogen-bond acceptors (Lipinski definition) is 5. The van der Waals surface area contributed by atoms with Gasteiger partial charge in [0.15, 0.2) is 0 Å². The van der Waals surface area contributed by atoms with Crippen LogP contribution < -0.4 is 19.5 Å². The molecular weight excluding hydrogens is 368 g/mol. The fourth-order valence-electron chi connectivity index (χ4n) is 2.32. The number of sulfonamides is 1. The van der Waals surface area contributed by atoms with E-state index in [1.165, 1.54) is 25.3 Å². The van der Waals surface area contributed by atoms with E-state index in [1.807, 2.05) is 32.0 Å². The molecule has 8 heteroatoms. The molecule has 0 heterocycles. The third-order valence-corrected chi connectivity index (χ3v) is 5.01. The Kier molecular flexibility index (Phi) is 7.20. The number of amides is 1. The number of nitrogens with one attached hydrogen (secondary N) is 2. The predicted octanol–water partition coefficient (Wildman–Crippen LogP) is 2.19. The summed E-state index contributed by atoms with van der Waals surface area (Å²) in [6.07, 6.45) is 0. The minimum Gasteiger partial charge on any atom is -0.496 e. The van der Waals surface area contributed by atoms with Crippen molar-refractivity contribution < 1.29 is 22.7 Å². The van der Waals surface area contributed by atoms with E-state index in [1.54, 1.807) is 12.1 Å². The third kappa shape index (κ3) is 5.97. The van der Waals surface area contributed by atoms with Gasteiger partial charge in [0.25, 0.3) is 5.91 Å². The lowest BCUT2D eigenvalue weighted by Gasteiger charge is -2.14. The Morgan fingerprint density at radius 3 is 2.44 bits per heavy atom. The minimum atomic E-state index is -3.79. The van der Waals surface area contributed by atoms with Crippen LogP contribution in [-0.2, 0) is 10.0 Å². The Labute approximate surface area is 159 Å². The number of rotatable bonds is 9. The number of methoxy groups -OCH3 is 1. The fraction of sp³-hybridized carbons (Fsp3) is 0.316. The molecule has 0 spiro atoms. The van der Waals surface area contributed by atoms with Crippen LogP contribution in [0.3, 0.4) is 0 Å². The second-order valence-electron chi connectivity index (χ2n) is 6.05. The number of para-hydroxylation sites is 1. The molecule has 1 amide bonds. The summed E-state index contributed by atoms with van der Waals surface area (Å²) in [5, 5.41) is 2.73. The Bertz CT molecular complexity index is 867. The summed E-state index contributed by atoms with van der Waals surface area (Å²) in [6, 6.07) is 13.2. The molecule has 0 aliphatic carbocycles. The van der Waals surface area contributed by atoms with Crippen molar-refractivity contribution >= 4 is 15.9 Å². The van der Waals surface area contributed by atoms with Gasteiger partial charge in [-0.25, -0.2) is 13.1 Å². The van der Waals surface area contributed by atoms with Crippen LogP contribution >= 0.6 is 0 Å².